The van der Waals surface area contributed by atoms with Crippen LogP contribution in [-0.4, -0.2) is 54.1 Å². The van der Waals surface area contributed by atoms with Gasteiger partial charge in [0.15, 0.2) is 0 Å². The van der Waals surface area contributed by atoms with Gasteiger partial charge >= 0.3 is 6.18 Å². The summed E-state index contributed by atoms with van der Waals surface area (Å²) in [5.41, 5.74) is 0. The summed E-state index contributed by atoms with van der Waals surface area (Å²) in [4.78, 5) is 15.2. The first-order chi connectivity index (χ1) is 9.78. The van der Waals surface area contributed by atoms with E-state index in [1.807, 2.05) is 11.8 Å². The van der Waals surface area contributed by atoms with Crippen molar-refractivity contribution >= 4 is 5.91 Å². The third kappa shape index (κ3) is 5.54. The smallest absolute Gasteiger partial charge is 0.334 e. The average Bonchev–Trinajstić information content (AvgIpc) is 2.43. The summed E-state index contributed by atoms with van der Waals surface area (Å²) >= 11 is 0. The van der Waals surface area contributed by atoms with E-state index in [0.717, 1.165) is 17.9 Å². The maximum atomic E-state index is 12.5. The number of alkyl halides is 3. The number of likely N-dealkylation sites (tertiary alicyclic amines) is 1. The summed E-state index contributed by atoms with van der Waals surface area (Å²) in [7, 11) is 0. The summed E-state index contributed by atoms with van der Waals surface area (Å²) in [6.07, 6.45) is -2.62. The van der Waals surface area contributed by atoms with Gasteiger partial charge in [-0.3, -0.25) is 9.69 Å². The zero-order chi connectivity index (χ0) is 16.0. The molecule has 1 rings (SSSR count). The van der Waals surface area contributed by atoms with Gasteiger partial charge in [0, 0.05) is 19.1 Å². The third-order valence-corrected chi connectivity index (χ3v) is 3.88. The Kier molecular flexibility index (Phi) is 6.46. The Balaban J connectivity index is 2.66. The van der Waals surface area contributed by atoms with Gasteiger partial charge in [0.2, 0.25) is 5.91 Å². The number of carbonyl (C=O) groups excluding carboxylic acids is 1. The largest absolute Gasteiger partial charge is 0.406 e. The lowest BCUT2D eigenvalue weighted by Gasteiger charge is -2.37. The normalized spacial score (nSPS) is 21.6. The number of carbonyl (C=O) groups is 1. The Morgan fingerprint density at radius 3 is 2.71 bits per heavy atom. The first kappa shape index (κ1) is 17.8. The van der Waals surface area contributed by atoms with Crippen LogP contribution in [0.2, 0.25) is 0 Å². The van der Waals surface area contributed by atoms with Crippen LogP contribution >= 0.6 is 0 Å². The minimum absolute atomic E-state index is 0.0308. The number of piperidine rings is 1. The fourth-order valence-electron chi connectivity index (χ4n) is 2.69. The van der Waals surface area contributed by atoms with Crippen molar-refractivity contribution in [1.29, 1.82) is 5.26 Å². The third-order valence-electron chi connectivity index (χ3n) is 3.88. The Hall–Kier alpha value is -1.29. The minimum Gasteiger partial charge on any atom is -0.334 e. The summed E-state index contributed by atoms with van der Waals surface area (Å²) in [5, 5.41) is 8.72. The second-order valence-electron chi connectivity index (χ2n) is 5.51. The van der Waals surface area contributed by atoms with Crippen molar-refractivity contribution < 1.29 is 18.0 Å². The van der Waals surface area contributed by atoms with E-state index < -0.39 is 24.5 Å². The second kappa shape index (κ2) is 7.64. The van der Waals surface area contributed by atoms with Gasteiger partial charge in [-0.15, -0.1) is 0 Å². The molecular weight excluding hydrogens is 283 g/mol. The van der Waals surface area contributed by atoms with Crippen molar-refractivity contribution in [2.24, 2.45) is 5.92 Å². The van der Waals surface area contributed by atoms with E-state index in [1.165, 1.54) is 0 Å². The van der Waals surface area contributed by atoms with Crippen molar-refractivity contribution in [3.8, 4) is 6.07 Å². The van der Waals surface area contributed by atoms with Gasteiger partial charge < -0.3 is 4.90 Å². The van der Waals surface area contributed by atoms with E-state index >= 15 is 0 Å². The Morgan fingerprint density at radius 1 is 1.52 bits per heavy atom. The topological polar surface area (TPSA) is 47.3 Å². The summed E-state index contributed by atoms with van der Waals surface area (Å²) in [5.74, 6) is -0.828. The number of rotatable bonds is 5. The lowest BCUT2D eigenvalue weighted by atomic mass is 9.95. The maximum Gasteiger partial charge on any atom is 0.406 e. The summed E-state index contributed by atoms with van der Waals surface area (Å²) in [6, 6.07) is 2.12. The highest BCUT2D eigenvalue weighted by Gasteiger charge is 2.36. The second-order valence-corrected chi connectivity index (χ2v) is 5.51. The molecule has 0 saturated carbocycles. The zero-order valence-electron chi connectivity index (χ0n) is 12.5. The molecule has 1 fully saturated rings. The lowest BCUT2D eigenvalue weighted by Crippen LogP contribution is -2.49. The molecule has 1 saturated heterocycles. The fraction of sp³-hybridized carbons (Fsp3) is 0.857. The molecule has 0 aromatic carbocycles. The van der Waals surface area contributed by atoms with Crippen molar-refractivity contribution in [1.82, 2.24) is 9.80 Å². The number of amides is 1. The SMILES string of the molecule is CCN(CC(F)(F)F)C(=O)[C@H]1CCCN([C@@H](C)CC#N)C1. The molecule has 0 N–H and O–H groups in total. The summed E-state index contributed by atoms with van der Waals surface area (Å²) < 4.78 is 37.5. The fourth-order valence-corrected chi connectivity index (χ4v) is 2.69. The predicted octanol–water partition coefficient (Wildman–Crippen LogP) is 2.41. The average molecular weight is 305 g/mol. The van der Waals surface area contributed by atoms with Crippen molar-refractivity contribution in [2.75, 3.05) is 26.2 Å². The van der Waals surface area contributed by atoms with Gasteiger partial charge in [-0.05, 0) is 33.2 Å². The van der Waals surface area contributed by atoms with E-state index in [2.05, 4.69) is 6.07 Å². The van der Waals surface area contributed by atoms with Crippen LogP contribution < -0.4 is 0 Å². The van der Waals surface area contributed by atoms with Crippen LogP contribution in [0.3, 0.4) is 0 Å². The molecule has 1 aliphatic heterocycles. The molecule has 0 unspecified atom stereocenters. The monoisotopic (exact) mass is 305 g/mol. The molecule has 0 spiro atoms. The van der Waals surface area contributed by atoms with E-state index in [4.69, 9.17) is 5.26 Å². The van der Waals surface area contributed by atoms with Crippen LogP contribution in [0, 0.1) is 17.2 Å². The van der Waals surface area contributed by atoms with Gasteiger partial charge in [-0.1, -0.05) is 0 Å². The van der Waals surface area contributed by atoms with E-state index in [-0.39, 0.29) is 12.6 Å². The van der Waals surface area contributed by atoms with Crippen molar-refractivity contribution in [3.05, 3.63) is 0 Å². The number of hydrogen-bond donors (Lipinski definition) is 0. The number of nitrogens with zero attached hydrogens (tertiary/aromatic N) is 3. The molecule has 0 bridgehead atoms. The van der Waals surface area contributed by atoms with Crippen LogP contribution in [-0.2, 0) is 4.79 Å². The van der Waals surface area contributed by atoms with Gasteiger partial charge in [-0.25, -0.2) is 0 Å². The molecule has 2 atom stereocenters. The number of hydrogen-bond acceptors (Lipinski definition) is 3. The molecule has 1 amide bonds. The van der Waals surface area contributed by atoms with Crippen LogP contribution in [0.15, 0.2) is 0 Å². The Bertz CT molecular complexity index is 392. The zero-order valence-corrected chi connectivity index (χ0v) is 12.5. The highest BCUT2D eigenvalue weighted by molar-refractivity contribution is 5.79. The quantitative estimate of drug-likeness (QED) is 0.783. The lowest BCUT2D eigenvalue weighted by molar-refractivity contribution is -0.164. The maximum absolute atomic E-state index is 12.5. The molecule has 1 aliphatic rings. The molecule has 21 heavy (non-hydrogen) atoms. The minimum atomic E-state index is -4.37. The molecule has 7 heteroatoms. The molecule has 0 aromatic heterocycles. The van der Waals surface area contributed by atoms with E-state index in [9.17, 15) is 18.0 Å². The van der Waals surface area contributed by atoms with Gasteiger partial charge in [0.25, 0.3) is 0 Å². The van der Waals surface area contributed by atoms with Gasteiger partial charge in [-0.2, -0.15) is 18.4 Å². The molecule has 0 radical (unpaired) electrons. The highest BCUT2D eigenvalue weighted by Crippen LogP contribution is 2.23. The van der Waals surface area contributed by atoms with Crippen molar-refractivity contribution in [2.45, 2.75) is 45.3 Å². The van der Waals surface area contributed by atoms with Crippen LogP contribution in [0.1, 0.15) is 33.1 Å². The van der Waals surface area contributed by atoms with Crippen LogP contribution in [0.5, 0.6) is 0 Å². The number of nitriles is 1. The highest BCUT2D eigenvalue weighted by atomic mass is 19.4. The molecule has 4 nitrogen and oxygen atoms in total. The Labute approximate surface area is 123 Å². The number of halogens is 3. The molecule has 0 aliphatic carbocycles. The van der Waals surface area contributed by atoms with E-state index in [0.29, 0.717) is 19.4 Å². The van der Waals surface area contributed by atoms with Crippen LogP contribution in [0.4, 0.5) is 13.2 Å². The molecule has 0 aromatic rings. The molecule has 1 heterocycles. The van der Waals surface area contributed by atoms with Crippen LogP contribution in [0.25, 0.3) is 0 Å². The Morgan fingerprint density at radius 2 is 2.19 bits per heavy atom. The first-order valence-corrected chi connectivity index (χ1v) is 7.25. The predicted molar refractivity (Wildman–Crippen MR) is 72.3 cm³/mol. The molecular formula is C14H22F3N3O. The van der Waals surface area contributed by atoms with E-state index in [1.54, 1.807) is 6.92 Å². The summed E-state index contributed by atoms with van der Waals surface area (Å²) in [6.45, 7) is 3.56. The van der Waals surface area contributed by atoms with Gasteiger partial charge in [0.1, 0.15) is 6.54 Å². The first-order valence-electron chi connectivity index (χ1n) is 7.25. The molecule has 120 valence electrons. The standard InChI is InChI=1S/C14H22F3N3O/c1-3-19(10-14(15,16)17)13(21)12-5-4-8-20(9-12)11(2)6-7-18/h11-12H,3-6,8-10H2,1-2H3/t11-,12-/m0/s1. The van der Waals surface area contributed by atoms with Gasteiger partial charge in [0.05, 0.1) is 18.4 Å². The van der Waals surface area contributed by atoms with Crippen molar-refractivity contribution in [3.63, 3.8) is 0 Å².